The number of anilines is 2. The van der Waals surface area contributed by atoms with E-state index in [4.69, 9.17) is 16.3 Å². The van der Waals surface area contributed by atoms with Crippen LogP contribution in [0.2, 0.25) is 5.02 Å². The van der Waals surface area contributed by atoms with E-state index in [9.17, 15) is 26.4 Å². The largest absolute Gasteiger partial charge is 0.416 e. The maximum atomic E-state index is 13.0. The van der Waals surface area contributed by atoms with Gasteiger partial charge in [-0.1, -0.05) is 11.6 Å². The summed E-state index contributed by atoms with van der Waals surface area (Å²) in [4.78, 5) is 15.3. The molecule has 3 fully saturated rings. The van der Waals surface area contributed by atoms with Crippen molar-refractivity contribution in [2.75, 3.05) is 35.7 Å². The molecule has 0 amide bonds. The lowest BCUT2D eigenvalue weighted by atomic mass is 9.89. The molecule has 0 radical (unpaired) electrons. The Morgan fingerprint density at radius 1 is 1.08 bits per heavy atom. The zero-order valence-electron chi connectivity index (χ0n) is 20.7. The molecule has 0 spiro atoms. The molecule has 208 valence electrons. The second-order valence-electron chi connectivity index (χ2n) is 10.2. The Kier molecular flexibility index (Phi) is 7.67. The molecule has 1 aliphatic heterocycles. The molecule has 1 N–H and O–H groups in total. The molecule has 1 atom stereocenters. The van der Waals surface area contributed by atoms with Crippen LogP contribution in [0.5, 0.6) is 0 Å². The third kappa shape index (κ3) is 5.81. The minimum atomic E-state index is -4.37. The van der Waals surface area contributed by atoms with E-state index in [2.05, 4.69) is 15.3 Å². The van der Waals surface area contributed by atoms with Crippen molar-refractivity contribution in [1.82, 2.24) is 9.78 Å². The predicted molar refractivity (Wildman–Crippen MR) is 139 cm³/mol. The van der Waals surface area contributed by atoms with Gasteiger partial charge in [-0.15, -0.1) is 0 Å². The number of benzene rings is 1. The number of aromatic nitrogens is 2. The Hall–Kier alpha value is -2.31. The van der Waals surface area contributed by atoms with Crippen molar-refractivity contribution in [1.29, 1.82) is 0 Å². The topological polar surface area (TPSA) is 93.5 Å². The van der Waals surface area contributed by atoms with E-state index in [1.165, 1.54) is 10.9 Å². The third-order valence-corrected chi connectivity index (χ3v) is 10.0. The summed E-state index contributed by atoms with van der Waals surface area (Å²) in [5.41, 5.74) is -0.0213. The Bertz CT molecular complexity index is 1310. The minimum Gasteiger partial charge on any atom is -0.381 e. The molecule has 38 heavy (non-hydrogen) atoms. The van der Waals surface area contributed by atoms with Crippen LogP contribution in [0.4, 0.5) is 24.5 Å². The number of alkyl halides is 3. The third-order valence-electron chi connectivity index (χ3n) is 7.63. The maximum absolute atomic E-state index is 13.0. The van der Waals surface area contributed by atoms with Gasteiger partial charge in [-0.3, -0.25) is 4.79 Å². The van der Waals surface area contributed by atoms with Gasteiger partial charge in [-0.25, -0.2) is 13.1 Å². The van der Waals surface area contributed by atoms with Gasteiger partial charge < -0.3 is 15.0 Å². The SMILES string of the molecule is O=c1c(Cl)c(NC[C@@H]2COCCS2(=O)=O)cnn1C1CCC(N(c2ccc(C(F)(F)F)cc2)C2CC2)CC1. The molecule has 2 heterocycles. The van der Waals surface area contributed by atoms with E-state index in [0.717, 1.165) is 43.5 Å². The number of ether oxygens (including phenoxy) is 1. The van der Waals surface area contributed by atoms with Gasteiger partial charge in [0.15, 0.2) is 9.84 Å². The van der Waals surface area contributed by atoms with Gasteiger partial charge in [-0.05, 0) is 62.8 Å². The lowest BCUT2D eigenvalue weighted by molar-refractivity contribution is -0.137. The number of nitrogens with one attached hydrogen (secondary N) is 1. The highest BCUT2D eigenvalue weighted by Gasteiger charge is 2.38. The Balaban J connectivity index is 1.23. The van der Waals surface area contributed by atoms with Crippen LogP contribution in [0.1, 0.15) is 50.1 Å². The van der Waals surface area contributed by atoms with Crippen LogP contribution in [0.25, 0.3) is 0 Å². The molecule has 2 aromatic rings. The van der Waals surface area contributed by atoms with E-state index in [1.807, 2.05) is 0 Å². The van der Waals surface area contributed by atoms with Gasteiger partial charge in [0.1, 0.15) is 10.3 Å². The molecular weight excluding hydrogens is 545 g/mol. The summed E-state index contributed by atoms with van der Waals surface area (Å²) in [5.74, 6) is -0.0351. The minimum absolute atomic E-state index is 0.0351. The Morgan fingerprint density at radius 3 is 2.29 bits per heavy atom. The molecule has 5 rings (SSSR count). The van der Waals surface area contributed by atoms with Crippen LogP contribution in [0, 0.1) is 0 Å². The predicted octanol–water partition coefficient (Wildman–Crippen LogP) is 4.29. The van der Waals surface area contributed by atoms with Crippen molar-refractivity contribution >= 4 is 32.8 Å². The second kappa shape index (κ2) is 10.7. The summed E-state index contributed by atoms with van der Waals surface area (Å²) in [6.07, 6.45) is 2.02. The van der Waals surface area contributed by atoms with Gasteiger partial charge in [0.25, 0.3) is 5.56 Å². The zero-order chi connectivity index (χ0) is 27.1. The van der Waals surface area contributed by atoms with E-state index in [0.29, 0.717) is 18.9 Å². The highest BCUT2D eigenvalue weighted by Crippen LogP contribution is 2.40. The lowest BCUT2D eigenvalue weighted by Gasteiger charge is -2.39. The summed E-state index contributed by atoms with van der Waals surface area (Å²) in [6.45, 7) is 0.340. The summed E-state index contributed by atoms with van der Waals surface area (Å²) in [5, 5.41) is 6.51. The number of hydrogen-bond donors (Lipinski definition) is 1. The normalized spacial score (nSPS) is 25.6. The fourth-order valence-electron chi connectivity index (χ4n) is 5.37. The first-order valence-corrected chi connectivity index (χ1v) is 14.9. The average molecular weight is 575 g/mol. The number of sulfone groups is 1. The smallest absolute Gasteiger partial charge is 0.381 e. The van der Waals surface area contributed by atoms with Crippen molar-refractivity contribution in [3.63, 3.8) is 0 Å². The number of halogens is 4. The van der Waals surface area contributed by atoms with Gasteiger partial charge in [0.05, 0.1) is 42.5 Å². The van der Waals surface area contributed by atoms with Crippen molar-refractivity contribution in [3.05, 3.63) is 51.4 Å². The first-order chi connectivity index (χ1) is 18.0. The monoisotopic (exact) mass is 574 g/mol. The molecule has 3 aliphatic rings. The fraction of sp³-hybridized carbons (Fsp3) is 0.600. The highest BCUT2D eigenvalue weighted by molar-refractivity contribution is 7.92. The molecule has 0 bridgehead atoms. The van der Waals surface area contributed by atoms with E-state index >= 15 is 0 Å². The summed E-state index contributed by atoms with van der Waals surface area (Å²) >= 11 is 6.36. The molecule has 1 aromatic heterocycles. The second-order valence-corrected chi connectivity index (χ2v) is 13.0. The quantitative estimate of drug-likeness (QED) is 0.527. The zero-order valence-corrected chi connectivity index (χ0v) is 22.2. The Labute approximate surface area is 224 Å². The molecule has 2 aliphatic carbocycles. The van der Waals surface area contributed by atoms with Crippen molar-refractivity contribution in [3.8, 4) is 0 Å². The first-order valence-electron chi connectivity index (χ1n) is 12.8. The highest BCUT2D eigenvalue weighted by atomic mass is 35.5. The molecule has 1 aromatic carbocycles. The van der Waals surface area contributed by atoms with Crippen LogP contribution in [-0.4, -0.2) is 61.0 Å². The van der Waals surface area contributed by atoms with Crippen LogP contribution >= 0.6 is 11.6 Å². The summed E-state index contributed by atoms with van der Waals surface area (Å²) in [6, 6.07) is 5.72. The number of rotatable bonds is 7. The number of nitrogens with zero attached hydrogens (tertiary/aromatic N) is 3. The van der Waals surface area contributed by atoms with E-state index in [1.54, 1.807) is 12.1 Å². The molecule has 8 nitrogen and oxygen atoms in total. The first kappa shape index (κ1) is 27.3. The summed E-state index contributed by atoms with van der Waals surface area (Å²) in [7, 11) is -3.27. The summed E-state index contributed by atoms with van der Waals surface area (Å²) < 4.78 is 70.1. The van der Waals surface area contributed by atoms with Gasteiger partial charge in [0.2, 0.25) is 0 Å². The lowest BCUT2D eigenvalue weighted by Crippen LogP contribution is -2.42. The van der Waals surface area contributed by atoms with Crippen LogP contribution < -0.4 is 15.8 Å². The molecule has 1 saturated heterocycles. The van der Waals surface area contributed by atoms with Crippen molar-refractivity contribution < 1.29 is 26.3 Å². The van der Waals surface area contributed by atoms with Gasteiger partial charge >= 0.3 is 6.18 Å². The van der Waals surface area contributed by atoms with Crippen LogP contribution in [0.15, 0.2) is 35.3 Å². The van der Waals surface area contributed by atoms with Crippen molar-refractivity contribution in [2.45, 2.75) is 68.1 Å². The molecule has 0 unspecified atom stereocenters. The average Bonchev–Trinajstić information content (AvgIpc) is 3.71. The van der Waals surface area contributed by atoms with Gasteiger partial charge in [0, 0.05) is 24.3 Å². The van der Waals surface area contributed by atoms with Crippen molar-refractivity contribution in [2.24, 2.45) is 0 Å². The maximum Gasteiger partial charge on any atom is 0.416 e. The van der Waals surface area contributed by atoms with Crippen LogP contribution in [-0.2, 0) is 20.8 Å². The Morgan fingerprint density at radius 2 is 1.71 bits per heavy atom. The van der Waals surface area contributed by atoms with Gasteiger partial charge in [-0.2, -0.15) is 18.3 Å². The van der Waals surface area contributed by atoms with E-state index < -0.39 is 32.4 Å². The standard InChI is InChI=1S/C25H30ClF3N4O4S/c26-23-22(30-13-21-15-37-11-12-38(21,35)36)14-31-33(24(23)34)20-9-7-19(8-10-20)32(18-5-6-18)17-3-1-16(2-4-17)25(27,28)29/h1-4,14,18-21,30H,5-13,15H2/t19?,20?,21-/m1/s1. The molecule has 2 saturated carbocycles. The fourth-order valence-corrected chi connectivity index (χ4v) is 6.90. The van der Waals surface area contributed by atoms with E-state index in [-0.39, 0.29) is 48.3 Å². The van der Waals surface area contributed by atoms with Crippen LogP contribution in [0.3, 0.4) is 0 Å². The molecule has 13 heteroatoms. The number of hydrogen-bond acceptors (Lipinski definition) is 7. The molecular formula is C25H30ClF3N4O4S.